The third kappa shape index (κ3) is 5.64. The molecule has 11 heteroatoms. The second-order valence-electron chi connectivity index (χ2n) is 6.30. The fourth-order valence-corrected chi connectivity index (χ4v) is 4.39. The Kier molecular flexibility index (Phi) is 8.19. The van der Waals surface area contributed by atoms with Crippen molar-refractivity contribution in [3.05, 3.63) is 47.6 Å². The van der Waals surface area contributed by atoms with E-state index < -0.39 is 10.0 Å². The van der Waals surface area contributed by atoms with Crippen molar-refractivity contribution >= 4 is 40.0 Å². The van der Waals surface area contributed by atoms with Crippen LogP contribution in [0.3, 0.4) is 0 Å². The first-order chi connectivity index (χ1) is 13.0. The predicted molar refractivity (Wildman–Crippen MR) is 117 cm³/mol. The van der Waals surface area contributed by atoms with Crippen molar-refractivity contribution in [2.24, 2.45) is 4.99 Å². The highest BCUT2D eigenvalue weighted by Gasteiger charge is 2.29. The summed E-state index contributed by atoms with van der Waals surface area (Å²) in [4.78, 5) is 10.7. The summed E-state index contributed by atoms with van der Waals surface area (Å²) in [6.07, 6.45) is 3.15. The number of guanidine groups is 1. The van der Waals surface area contributed by atoms with Crippen molar-refractivity contribution < 1.29 is 12.9 Å². The average Bonchev–Trinajstić information content (AvgIpc) is 3.16. The third-order valence-electron chi connectivity index (χ3n) is 4.50. The SMILES string of the molecule is CN=C(NCc1ncccc1C)N1CCN(S(=O)(=O)Cc2ccon2)CC1.I. The molecule has 0 spiro atoms. The summed E-state index contributed by atoms with van der Waals surface area (Å²) in [7, 11) is -1.69. The Bertz CT molecular complexity index is 880. The summed E-state index contributed by atoms with van der Waals surface area (Å²) in [5.41, 5.74) is 2.50. The summed E-state index contributed by atoms with van der Waals surface area (Å²) in [6.45, 7) is 4.54. The highest BCUT2D eigenvalue weighted by atomic mass is 127. The van der Waals surface area contributed by atoms with Gasteiger partial charge in [-0.15, -0.1) is 24.0 Å². The number of pyridine rings is 1. The highest BCUT2D eigenvalue weighted by molar-refractivity contribution is 14.0. The van der Waals surface area contributed by atoms with E-state index in [1.54, 1.807) is 19.3 Å². The van der Waals surface area contributed by atoms with Crippen molar-refractivity contribution in [3.63, 3.8) is 0 Å². The van der Waals surface area contributed by atoms with Gasteiger partial charge in [-0.25, -0.2) is 8.42 Å². The van der Waals surface area contributed by atoms with E-state index in [0.717, 1.165) is 17.2 Å². The van der Waals surface area contributed by atoms with E-state index >= 15 is 0 Å². The Morgan fingerprint density at radius 1 is 1.29 bits per heavy atom. The molecule has 3 rings (SSSR count). The van der Waals surface area contributed by atoms with Crippen LogP contribution in [0.4, 0.5) is 0 Å². The van der Waals surface area contributed by atoms with Crippen molar-refractivity contribution in [1.29, 1.82) is 0 Å². The molecule has 1 saturated heterocycles. The van der Waals surface area contributed by atoms with Crippen LogP contribution in [0.1, 0.15) is 17.0 Å². The second kappa shape index (κ2) is 10.2. The van der Waals surface area contributed by atoms with Crippen LogP contribution >= 0.6 is 24.0 Å². The molecule has 0 aliphatic carbocycles. The molecule has 2 aromatic heterocycles. The van der Waals surface area contributed by atoms with Crippen LogP contribution in [-0.4, -0.2) is 66.9 Å². The molecule has 2 aromatic rings. The van der Waals surface area contributed by atoms with Crippen LogP contribution in [0.25, 0.3) is 0 Å². The van der Waals surface area contributed by atoms with Gasteiger partial charge in [-0.1, -0.05) is 11.2 Å². The minimum atomic E-state index is -3.41. The molecule has 0 amide bonds. The molecule has 0 radical (unpaired) electrons. The molecule has 0 atom stereocenters. The molecular formula is C17H25IN6O3S. The van der Waals surface area contributed by atoms with E-state index in [9.17, 15) is 8.42 Å². The van der Waals surface area contributed by atoms with Gasteiger partial charge in [0, 0.05) is 45.5 Å². The first kappa shape index (κ1) is 22.6. The lowest BCUT2D eigenvalue weighted by Crippen LogP contribution is -2.53. The van der Waals surface area contributed by atoms with Crippen molar-refractivity contribution in [2.75, 3.05) is 33.2 Å². The van der Waals surface area contributed by atoms with Crippen LogP contribution in [0, 0.1) is 6.92 Å². The topological polar surface area (TPSA) is 104 Å². The van der Waals surface area contributed by atoms with Gasteiger partial charge in [-0.2, -0.15) is 4.31 Å². The summed E-state index contributed by atoms with van der Waals surface area (Å²) in [5.74, 6) is 0.601. The number of halogens is 1. The smallest absolute Gasteiger partial charge is 0.220 e. The van der Waals surface area contributed by atoms with Gasteiger partial charge in [0.2, 0.25) is 10.0 Å². The fraction of sp³-hybridized carbons (Fsp3) is 0.471. The standard InChI is InChI=1S/C17H24N6O3S.HI/c1-14-4-3-6-19-16(14)12-20-17(18-2)22-7-9-23(10-8-22)27(24,25)13-15-5-11-26-21-15;/h3-6,11H,7-10,12-13H2,1-2H3,(H,18,20);1H. The first-order valence-electron chi connectivity index (χ1n) is 8.73. The number of nitrogens with one attached hydrogen (secondary N) is 1. The van der Waals surface area contributed by atoms with Crippen LogP contribution in [0.5, 0.6) is 0 Å². The van der Waals surface area contributed by atoms with Gasteiger partial charge in [-0.05, 0) is 18.6 Å². The van der Waals surface area contributed by atoms with Crippen molar-refractivity contribution in [3.8, 4) is 0 Å². The number of sulfonamides is 1. The number of rotatable bonds is 5. The maximum absolute atomic E-state index is 12.5. The van der Waals surface area contributed by atoms with Gasteiger partial charge >= 0.3 is 0 Å². The molecule has 3 heterocycles. The lowest BCUT2D eigenvalue weighted by atomic mass is 10.2. The Labute approximate surface area is 182 Å². The normalized spacial score (nSPS) is 15.9. The van der Waals surface area contributed by atoms with E-state index in [-0.39, 0.29) is 29.7 Å². The van der Waals surface area contributed by atoms with E-state index in [0.29, 0.717) is 38.4 Å². The largest absolute Gasteiger partial charge is 0.364 e. The summed E-state index contributed by atoms with van der Waals surface area (Å²) in [6, 6.07) is 5.50. The molecule has 28 heavy (non-hydrogen) atoms. The Hall–Kier alpha value is -1.73. The van der Waals surface area contributed by atoms with Crippen molar-refractivity contribution in [2.45, 2.75) is 19.2 Å². The van der Waals surface area contributed by atoms with Gasteiger partial charge in [0.05, 0.1) is 17.9 Å². The third-order valence-corrected chi connectivity index (χ3v) is 6.31. The summed E-state index contributed by atoms with van der Waals surface area (Å²) >= 11 is 0. The van der Waals surface area contributed by atoms with E-state index in [2.05, 4.69) is 25.3 Å². The molecular weight excluding hydrogens is 495 g/mol. The molecule has 0 bridgehead atoms. The molecule has 1 aliphatic rings. The summed E-state index contributed by atoms with van der Waals surface area (Å²) < 4.78 is 31.2. The van der Waals surface area contributed by atoms with Gasteiger partial charge in [0.1, 0.15) is 12.0 Å². The number of nitrogens with zero attached hydrogens (tertiary/aromatic N) is 5. The molecule has 9 nitrogen and oxygen atoms in total. The maximum atomic E-state index is 12.5. The first-order valence-corrected chi connectivity index (χ1v) is 10.3. The molecule has 0 saturated carbocycles. The highest BCUT2D eigenvalue weighted by Crippen LogP contribution is 2.13. The van der Waals surface area contributed by atoms with E-state index in [1.165, 1.54) is 10.6 Å². The molecule has 1 fully saturated rings. The maximum Gasteiger partial charge on any atom is 0.220 e. The number of hydrogen-bond acceptors (Lipinski definition) is 6. The zero-order chi connectivity index (χ0) is 19.3. The van der Waals surface area contributed by atoms with E-state index in [4.69, 9.17) is 4.52 Å². The van der Waals surface area contributed by atoms with Gasteiger partial charge in [0.25, 0.3) is 0 Å². The number of aliphatic imine (C=N–C) groups is 1. The van der Waals surface area contributed by atoms with Crippen LogP contribution in [-0.2, 0) is 22.3 Å². The molecule has 0 aromatic carbocycles. The minimum absolute atomic E-state index is 0. The lowest BCUT2D eigenvalue weighted by Gasteiger charge is -2.35. The molecule has 1 aliphatic heterocycles. The number of hydrogen-bond donors (Lipinski definition) is 1. The van der Waals surface area contributed by atoms with Crippen molar-refractivity contribution in [1.82, 2.24) is 24.7 Å². The Balaban J connectivity index is 0.00000280. The average molecular weight is 520 g/mol. The zero-order valence-corrected chi connectivity index (χ0v) is 19.1. The lowest BCUT2D eigenvalue weighted by molar-refractivity contribution is 0.259. The number of aryl methyl sites for hydroxylation is 1. The van der Waals surface area contributed by atoms with Crippen LogP contribution in [0.2, 0.25) is 0 Å². The Morgan fingerprint density at radius 2 is 2.04 bits per heavy atom. The zero-order valence-electron chi connectivity index (χ0n) is 15.9. The summed E-state index contributed by atoms with van der Waals surface area (Å²) in [5, 5.41) is 7.00. The quantitative estimate of drug-likeness (QED) is 0.359. The van der Waals surface area contributed by atoms with Crippen LogP contribution in [0.15, 0.2) is 40.2 Å². The predicted octanol–water partition coefficient (Wildman–Crippen LogP) is 1.22. The molecule has 154 valence electrons. The monoisotopic (exact) mass is 520 g/mol. The Morgan fingerprint density at radius 3 is 2.64 bits per heavy atom. The minimum Gasteiger partial charge on any atom is -0.364 e. The molecule has 1 N–H and O–H groups in total. The number of piperazine rings is 1. The fourth-order valence-electron chi connectivity index (χ4n) is 2.97. The second-order valence-corrected chi connectivity index (χ2v) is 8.27. The number of aromatic nitrogens is 2. The van der Waals surface area contributed by atoms with Gasteiger partial charge in [-0.3, -0.25) is 9.98 Å². The van der Waals surface area contributed by atoms with E-state index in [1.807, 2.05) is 19.1 Å². The van der Waals surface area contributed by atoms with Crippen LogP contribution < -0.4 is 5.32 Å². The van der Waals surface area contributed by atoms with Gasteiger partial charge < -0.3 is 14.7 Å². The molecule has 0 unspecified atom stereocenters. The van der Waals surface area contributed by atoms with Gasteiger partial charge in [0.15, 0.2) is 5.96 Å².